The SMILES string of the molecule is C=C1N=C(N)C=CN1[C@@H]1O[C@H](COC(=O)CCCCCCCCCCCCCCCCCC(=O)[O-])[C@H](O)C1(F)F. The Balaban J connectivity index is 1.44. The van der Waals surface area contributed by atoms with Crippen LogP contribution in [0.1, 0.15) is 109 Å². The monoisotopic (exact) mass is 570 g/mol. The zero-order chi connectivity index (χ0) is 29.4. The first-order chi connectivity index (χ1) is 19.1. The summed E-state index contributed by atoms with van der Waals surface area (Å²) in [5, 5.41) is 20.4. The largest absolute Gasteiger partial charge is 0.550 e. The summed E-state index contributed by atoms with van der Waals surface area (Å²) >= 11 is 0. The number of amidine groups is 1. The van der Waals surface area contributed by atoms with Gasteiger partial charge in [0.1, 0.15) is 24.4 Å². The number of hydrogen-bond acceptors (Lipinski definition) is 9. The highest BCUT2D eigenvalue weighted by molar-refractivity contribution is 5.92. The fourth-order valence-corrected chi connectivity index (χ4v) is 4.89. The summed E-state index contributed by atoms with van der Waals surface area (Å²) in [7, 11) is 0. The molecule has 2 rings (SSSR count). The van der Waals surface area contributed by atoms with Crippen molar-refractivity contribution in [2.24, 2.45) is 10.7 Å². The lowest BCUT2D eigenvalue weighted by molar-refractivity contribution is -0.305. The third-order valence-electron chi connectivity index (χ3n) is 7.26. The van der Waals surface area contributed by atoms with Crippen LogP contribution in [0.15, 0.2) is 29.7 Å². The van der Waals surface area contributed by atoms with Crippen molar-refractivity contribution in [3.05, 3.63) is 24.7 Å². The van der Waals surface area contributed by atoms with Crippen LogP contribution in [0.3, 0.4) is 0 Å². The molecular weight excluding hydrogens is 524 g/mol. The summed E-state index contributed by atoms with van der Waals surface area (Å²) in [5.41, 5.74) is 5.54. The second-order valence-corrected chi connectivity index (χ2v) is 10.7. The minimum Gasteiger partial charge on any atom is -0.550 e. The predicted octanol–water partition coefficient (Wildman–Crippen LogP) is 4.29. The molecule has 2 aliphatic heterocycles. The Hall–Kier alpha value is -2.53. The number of carboxylic acids is 1. The molecule has 1 saturated heterocycles. The number of halogens is 2. The Morgan fingerprint density at radius 1 is 0.975 bits per heavy atom. The lowest BCUT2D eigenvalue weighted by Crippen LogP contribution is -2.47. The number of carbonyl (C=O) groups excluding carboxylic acids is 2. The van der Waals surface area contributed by atoms with Gasteiger partial charge in [-0.1, -0.05) is 90.0 Å². The first-order valence-corrected chi connectivity index (χ1v) is 14.7. The number of aliphatic carboxylic acids is 1. The summed E-state index contributed by atoms with van der Waals surface area (Å²) in [6.07, 6.45) is 13.8. The van der Waals surface area contributed by atoms with Crippen LogP contribution in [0.2, 0.25) is 0 Å². The Morgan fingerprint density at radius 2 is 1.45 bits per heavy atom. The number of unbranched alkanes of at least 4 members (excludes halogenated alkanes) is 14. The highest BCUT2D eigenvalue weighted by atomic mass is 19.3. The molecule has 2 heterocycles. The number of ether oxygens (including phenoxy) is 2. The molecule has 0 saturated carbocycles. The van der Waals surface area contributed by atoms with E-state index in [0.29, 0.717) is 6.42 Å². The van der Waals surface area contributed by atoms with Gasteiger partial charge in [-0.05, 0) is 25.3 Å². The molecule has 11 heteroatoms. The number of alkyl halides is 2. The van der Waals surface area contributed by atoms with Gasteiger partial charge in [-0.2, -0.15) is 8.78 Å². The number of carboxylic acid groups (broad SMARTS) is 1. The highest BCUT2D eigenvalue weighted by Gasteiger charge is 2.61. The Kier molecular flexibility index (Phi) is 15.2. The van der Waals surface area contributed by atoms with Crippen molar-refractivity contribution >= 4 is 17.8 Å². The molecule has 0 spiro atoms. The van der Waals surface area contributed by atoms with E-state index in [9.17, 15) is 28.6 Å². The molecule has 0 amide bonds. The van der Waals surface area contributed by atoms with E-state index in [0.717, 1.165) is 43.4 Å². The summed E-state index contributed by atoms with van der Waals surface area (Å²) < 4.78 is 39.7. The summed E-state index contributed by atoms with van der Waals surface area (Å²) in [6, 6.07) is 0. The number of carbonyl (C=O) groups is 2. The van der Waals surface area contributed by atoms with Gasteiger partial charge in [0, 0.05) is 18.6 Å². The molecule has 9 nitrogen and oxygen atoms in total. The second-order valence-electron chi connectivity index (χ2n) is 10.7. The smallest absolute Gasteiger partial charge is 0.320 e. The minimum absolute atomic E-state index is 0.0391. The van der Waals surface area contributed by atoms with E-state index in [2.05, 4.69) is 11.6 Å². The van der Waals surface area contributed by atoms with Crippen molar-refractivity contribution in [2.75, 3.05) is 6.61 Å². The summed E-state index contributed by atoms with van der Waals surface area (Å²) in [6.45, 7) is 3.12. The van der Waals surface area contributed by atoms with Crippen molar-refractivity contribution in [3.8, 4) is 0 Å². The summed E-state index contributed by atoms with van der Waals surface area (Å²) in [4.78, 5) is 27.3. The zero-order valence-electron chi connectivity index (χ0n) is 23.5. The topological polar surface area (TPSA) is 138 Å². The molecule has 0 unspecified atom stereocenters. The van der Waals surface area contributed by atoms with E-state index in [1.807, 2.05) is 0 Å². The van der Waals surface area contributed by atoms with E-state index >= 15 is 0 Å². The normalized spacial score (nSPS) is 22.0. The van der Waals surface area contributed by atoms with Crippen molar-refractivity contribution < 1.29 is 38.1 Å². The van der Waals surface area contributed by atoms with Gasteiger partial charge in [0.15, 0.2) is 6.10 Å². The fraction of sp³-hybridized carbons (Fsp3) is 0.759. The molecule has 0 bridgehead atoms. The van der Waals surface area contributed by atoms with Crippen molar-refractivity contribution in [1.82, 2.24) is 4.90 Å². The van der Waals surface area contributed by atoms with Crippen LogP contribution in [0, 0.1) is 0 Å². The van der Waals surface area contributed by atoms with Gasteiger partial charge < -0.3 is 35.1 Å². The summed E-state index contributed by atoms with van der Waals surface area (Å²) in [5.74, 6) is -5.00. The maximum Gasteiger partial charge on any atom is 0.320 e. The van der Waals surface area contributed by atoms with E-state index in [-0.39, 0.29) is 24.5 Å². The van der Waals surface area contributed by atoms with Crippen molar-refractivity contribution in [3.63, 3.8) is 0 Å². The van der Waals surface area contributed by atoms with Gasteiger partial charge in [-0.25, -0.2) is 4.99 Å². The zero-order valence-corrected chi connectivity index (χ0v) is 23.5. The quantitative estimate of drug-likeness (QED) is 0.154. The van der Waals surface area contributed by atoms with Gasteiger partial charge in [-0.15, -0.1) is 0 Å². The number of nitrogens with two attached hydrogens (primary N) is 1. The molecular formula is C29H46F2N3O6-. The van der Waals surface area contributed by atoms with Gasteiger partial charge in [0.2, 0.25) is 6.23 Å². The second kappa shape index (κ2) is 18.0. The van der Waals surface area contributed by atoms with Gasteiger partial charge in [0.05, 0.1) is 0 Å². The van der Waals surface area contributed by atoms with Crippen LogP contribution in [0.25, 0.3) is 0 Å². The van der Waals surface area contributed by atoms with Gasteiger partial charge in [0.25, 0.3) is 0 Å². The van der Waals surface area contributed by atoms with E-state index in [1.165, 1.54) is 63.6 Å². The van der Waals surface area contributed by atoms with Gasteiger partial charge in [-0.3, -0.25) is 4.79 Å². The molecule has 2 aliphatic rings. The standard InChI is InChI=1S/C29H47F2N3O6/c1-22-33-24(32)19-20-34(22)28-29(30,31)27(38)23(40-28)21-39-26(37)18-16-14-12-10-8-6-4-2-3-5-7-9-11-13-15-17-25(35)36/h19-20,23,27-28,38H,1-18,21H2,(H2,32,33)(H,35,36)/p-1/t23-,27+,28-/m1/s1. The average Bonchev–Trinajstić information content (AvgIpc) is 3.12. The highest BCUT2D eigenvalue weighted by Crippen LogP contribution is 2.40. The maximum absolute atomic E-state index is 14.6. The molecule has 1 fully saturated rings. The molecule has 40 heavy (non-hydrogen) atoms. The number of aliphatic imine (C=N–C) groups is 1. The maximum atomic E-state index is 14.6. The number of hydrogen-bond donors (Lipinski definition) is 2. The lowest BCUT2D eigenvalue weighted by Gasteiger charge is -2.31. The van der Waals surface area contributed by atoms with Gasteiger partial charge >= 0.3 is 11.9 Å². The minimum atomic E-state index is -3.63. The third-order valence-corrected chi connectivity index (χ3v) is 7.26. The molecule has 0 aliphatic carbocycles. The average molecular weight is 571 g/mol. The lowest BCUT2D eigenvalue weighted by atomic mass is 10.0. The van der Waals surface area contributed by atoms with Crippen LogP contribution in [0.4, 0.5) is 8.78 Å². The Morgan fingerprint density at radius 3 is 1.93 bits per heavy atom. The van der Waals surface area contributed by atoms with Crippen LogP contribution in [-0.2, 0) is 19.1 Å². The number of aliphatic hydroxyl groups excluding tert-OH is 1. The molecule has 0 aromatic heterocycles. The van der Waals surface area contributed by atoms with Crippen LogP contribution in [-0.4, -0.2) is 58.7 Å². The molecule has 228 valence electrons. The van der Waals surface area contributed by atoms with Crippen LogP contribution in [0.5, 0.6) is 0 Å². The first-order valence-electron chi connectivity index (χ1n) is 14.7. The predicted molar refractivity (Wildman–Crippen MR) is 146 cm³/mol. The van der Waals surface area contributed by atoms with Crippen molar-refractivity contribution in [1.29, 1.82) is 0 Å². The van der Waals surface area contributed by atoms with E-state index in [1.54, 1.807) is 0 Å². The van der Waals surface area contributed by atoms with E-state index in [4.69, 9.17) is 15.2 Å². The van der Waals surface area contributed by atoms with E-state index < -0.39 is 42.9 Å². The number of rotatable bonds is 21. The van der Waals surface area contributed by atoms with Crippen LogP contribution < -0.4 is 10.8 Å². The first kappa shape index (κ1) is 33.7. The molecule has 3 N–H and O–H groups in total. The molecule has 0 radical (unpaired) electrons. The fourth-order valence-electron chi connectivity index (χ4n) is 4.89. The molecule has 0 aromatic rings. The number of aliphatic hydroxyl groups is 1. The number of nitrogens with zero attached hydrogens (tertiary/aromatic N) is 2. The number of esters is 1. The molecule has 3 atom stereocenters. The molecule has 0 aromatic carbocycles. The van der Waals surface area contributed by atoms with Crippen molar-refractivity contribution in [2.45, 2.75) is 134 Å². The van der Waals surface area contributed by atoms with Crippen LogP contribution >= 0.6 is 0 Å². The third kappa shape index (κ3) is 11.9. The Bertz CT molecular complexity index is 867. The Labute approximate surface area is 236 Å².